The monoisotopic (exact) mass is 344 g/mol. The van der Waals surface area contributed by atoms with Crippen LogP contribution in [-0.4, -0.2) is 21.6 Å². The zero-order valence-electron chi connectivity index (χ0n) is 12.3. The fourth-order valence-corrected chi connectivity index (χ4v) is 1.84. The third-order valence-corrected chi connectivity index (χ3v) is 2.80. The summed E-state index contributed by atoms with van der Waals surface area (Å²) in [5, 5.41) is 7.88. The highest BCUT2D eigenvalue weighted by Crippen LogP contribution is 2.27. The molecule has 2 rings (SSSR count). The number of amides is 2. The zero-order valence-corrected chi connectivity index (χ0v) is 12.3. The molecule has 0 spiro atoms. The molecule has 1 heterocycles. The number of carbonyl (C=O) groups is 2. The van der Waals surface area contributed by atoms with Gasteiger partial charge in [0.15, 0.2) is 5.69 Å². The lowest BCUT2D eigenvalue weighted by molar-refractivity contribution is -0.141. The molecule has 0 aliphatic heterocycles. The molecule has 10 heteroatoms. The van der Waals surface area contributed by atoms with Crippen molar-refractivity contribution in [3.05, 3.63) is 42.0 Å². The van der Waals surface area contributed by atoms with E-state index in [1.54, 1.807) is 0 Å². The first kappa shape index (κ1) is 17.4. The Hall–Kier alpha value is -2.91. The molecule has 0 fully saturated rings. The van der Waals surface area contributed by atoms with Crippen molar-refractivity contribution in [2.24, 2.45) is 0 Å². The third-order valence-electron chi connectivity index (χ3n) is 2.80. The van der Waals surface area contributed by atoms with Crippen molar-refractivity contribution in [2.45, 2.75) is 19.6 Å². The summed E-state index contributed by atoms with van der Waals surface area (Å²) in [5.74, 6) is -1.84. The van der Waals surface area contributed by atoms with Crippen molar-refractivity contribution in [2.75, 3.05) is 10.6 Å². The van der Waals surface area contributed by atoms with Crippen LogP contribution in [0.3, 0.4) is 0 Å². The lowest BCUT2D eigenvalue weighted by Gasteiger charge is -2.09. The second-order valence-corrected chi connectivity index (χ2v) is 4.82. The fourth-order valence-electron chi connectivity index (χ4n) is 1.84. The Bertz CT molecular complexity index is 770. The van der Waals surface area contributed by atoms with Crippen molar-refractivity contribution >= 4 is 23.2 Å². The minimum Gasteiger partial charge on any atom is -0.324 e. The van der Waals surface area contributed by atoms with Gasteiger partial charge in [-0.3, -0.25) is 14.3 Å². The van der Waals surface area contributed by atoms with Gasteiger partial charge in [0.2, 0.25) is 11.8 Å². The highest BCUT2D eigenvalue weighted by atomic mass is 19.4. The molecule has 6 nitrogen and oxygen atoms in total. The van der Waals surface area contributed by atoms with Crippen LogP contribution in [0.15, 0.2) is 30.5 Å². The molecule has 0 radical (unpaired) electrons. The molecular weight excluding hydrogens is 332 g/mol. The van der Waals surface area contributed by atoms with Crippen LogP contribution >= 0.6 is 0 Å². The lowest BCUT2D eigenvalue weighted by atomic mass is 10.2. The quantitative estimate of drug-likeness (QED) is 0.837. The maximum atomic E-state index is 13.5. The summed E-state index contributed by atoms with van der Waals surface area (Å²) in [6.45, 7) is 0.740. The second-order valence-electron chi connectivity index (χ2n) is 4.82. The van der Waals surface area contributed by atoms with E-state index >= 15 is 0 Å². The SMILES string of the molecule is CC(=O)Nc1cc(NC(=O)Cn2ccc(C(F)(F)F)n2)ccc1F. The average Bonchev–Trinajstić information content (AvgIpc) is 2.90. The third kappa shape index (κ3) is 4.54. The van der Waals surface area contributed by atoms with Crippen LogP contribution in [0.4, 0.5) is 28.9 Å². The van der Waals surface area contributed by atoms with E-state index in [9.17, 15) is 27.2 Å². The maximum Gasteiger partial charge on any atom is 0.435 e. The van der Waals surface area contributed by atoms with Gasteiger partial charge >= 0.3 is 6.18 Å². The standard InChI is InChI=1S/C14H12F4N4O2/c1-8(23)19-11-6-9(2-3-10(11)15)20-13(24)7-22-5-4-12(21-22)14(16,17)18/h2-6H,7H2,1H3,(H,19,23)(H,20,24). The molecule has 2 amide bonds. The van der Waals surface area contributed by atoms with Gasteiger partial charge in [0, 0.05) is 18.8 Å². The molecule has 24 heavy (non-hydrogen) atoms. The first-order valence-electron chi connectivity index (χ1n) is 6.63. The average molecular weight is 344 g/mol. The molecule has 0 saturated heterocycles. The number of nitrogens with zero attached hydrogens (tertiary/aromatic N) is 2. The number of hydrogen-bond acceptors (Lipinski definition) is 3. The topological polar surface area (TPSA) is 76.0 Å². The number of benzene rings is 1. The van der Waals surface area contributed by atoms with Gasteiger partial charge < -0.3 is 10.6 Å². The normalized spacial score (nSPS) is 11.2. The van der Waals surface area contributed by atoms with Gasteiger partial charge in [0.05, 0.1) is 5.69 Å². The summed E-state index contributed by atoms with van der Waals surface area (Å²) in [7, 11) is 0. The van der Waals surface area contributed by atoms with E-state index in [0.29, 0.717) is 0 Å². The van der Waals surface area contributed by atoms with Crippen molar-refractivity contribution < 1.29 is 27.2 Å². The van der Waals surface area contributed by atoms with Crippen LogP contribution in [0.5, 0.6) is 0 Å². The Morgan fingerprint density at radius 3 is 2.50 bits per heavy atom. The molecule has 0 bridgehead atoms. The maximum absolute atomic E-state index is 13.5. The number of rotatable bonds is 4. The van der Waals surface area contributed by atoms with E-state index in [4.69, 9.17) is 0 Å². The predicted octanol–water partition coefficient (Wildman–Crippen LogP) is 2.64. The number of alkyl halides is 3. The number of aromatic nitrogens is 2. The largest absolute Gasteiger partial charge is 0.435 e. The lowest BCUT2D eigenvalue weighted by Crippen LogP contribution is -2.20. The van der Waals surface area contributed by atoms with Crippen molar-refractivity contribution in [1.29, 1.82) is 0 Å². The first-order chi connectivity index (χ1) is 11.1. The van der Waals surface area contributed by atoms with Crippen LogP contribution in [0.2, 0.25) is 0 Å². The molecule has 0 aliphatic rings. The van der Waals surface area contributed by atoms with Crippen LogP contribution in [0, 0.1) is 5.82 Å². The highest BCUT2D eigenvalue weighted by molar-refractivity contribution is 5.93. The summed E-state index contributed by atoms with van der Waals surface area (Å²) < 4.78 is 51.6. The summed E-state index contributed by atoms with van der Waals surface area (Å²) in [4.78, 5) is 22.8. The number of halogens is 4. The van der Waals surface area contributed by atoms with Gasteiger partial charge in [-0.1, -0.05) is 0 Å². The Morgan fingerprint density at radius 1 is 1.21 bits per heavy atom. The van der Waals surface area contributed by atoms with Crippen LogP contribution < -0.4 is 10.6 Å². The van der Waals surface area contributed by atoms with Crippen molar-refractivity contribution in [3.63, 3.8) is 0 Å². The predicted molar refractivity (Wildman–Crippen MR) is 76.6 cm³/mol. The van der Waals surface area contributed by atoms with Gasteiger partial charge in [-0.05, 0) is 24.3 Å². The van der Waals surface area contributed by atoms with Crippen LogP contribution in [0.1, 0.15) is 12.6 Å². The van der Waals surface area contributed by atoms with Gasteiger partial charge in [-0.25, -0.2) is 4.39 Å². The van der Waals surface area contributed by atoms with E-state index in [0.717, 1.165) is 23.0 Å². The minimum atomic E-state index is -4.59. The Morgan fingerprint density at radius 2 is 1.92 bits per heavy atom. The molecule has 2 aromatic rings. The zero-order chi connectivity index (χ0) is 17.9. The summed E-state index contributed by atoms with van der Waals surface area (Å²) in [5.41, 5.74) is -1.06. The fraction of sp³-hybridized carbons (Fsp3) is 0.214. The second kappa shape index (κ2) is 6.69. The summed E-state index contributed by atoms with van der Waals surface area (Å²) >= 11 is 0. The number of anilines is 2. The van der Waals surface area contributed by atoms with E-state index in [1.165, 1.54) is 19.1 Å². The van der Waals surface area contributed by atoms with Crippen LogP contribution in [-0.2, 0) is 22.3 Å². The molecule has 0 unspecified atom stereocenters. The Balaban J connectivity index is 2.04. The van der Waals surface area contributed by atoms with E-state index in [-0.39, 0.29) is 11.4 Å². The molecule has 2 N–H and O–H groups in total. The first-order valence-corrected chi connectivity index (χ1v) is 6.63. The van der Waals surface area contributed by atoms with Gasteiger partial charge in [-0.2, -0.15) is 18.3 Å². The molecule has 0 atom stereocenters. The van der Waals surface area contributed by atoms with E-state index in [2.05, 4.69) is 15.7 Å². The van der Waals surface area contributed by atoms with Crippen LogP contribution in [0.25, 0.3) is 0 Å². The summed E-state index contributed by atoms with van der Waals surface area (Å²) in [6.07, 6.45) is -3.57. The molecule has 1 aromatic heterocycles. The Kier molecular flexibility index (Phi) is 4.86. The molecule has 0 saturated carbocycles. The van der Waals surface area contributed by atoms with E-state index in [1.807, 2.05) is 0 Å². The number of carbonyl (C=O) groups excluding carboxylic acids is 2. The van der Waals surface area contributed by atoms with E-state index < -0.39 is 36.0 Å². The molecule has 1 aromatic carbocycles. The molecule has 0 aliphatic carbocycles. The van der Waals surface area contributed by atoms with Gasteiger partial charge in [0.1, 0.15) is 12.4 Å². The molecular formula is C14H12F4N4O2. The van der Waals surface area contributed by atoms with Crippen molar-refractivity contribution in [3.8, 4) is 0 Å². The smallest absolute Gasteiger partial charge is 0.324 e. The molecule has 128 valence electrons. The number of nitrogens with one attached hydrogen (secondary N) is 2. The number of hydrogen-bond donors (Lipinski definition) is 2. The van der Waals surface area contributed by atoms with Crippen molar-refractivity contribution in [1.82, 2.24) is 9.78 Å². The summed E-state index contributed by atoms with van der Waals surface area (Å²) in [6, 6.07) is 4.23. The minimum absolute atomic E-state index is 0.126. The van der Waals surface area contributed by atoms with Gasteiger partial charge in [0.25, 0.3) is 0 Å². The Labute approximate surface area is 133 Å². The highest BCUT2D eigenvalue weighted by Gasteiger charge is 2.33. The van der Waals surface area contributed by atoms with Gasteiger partial charge in [-0.15, -0.1) is 0 Å².